The largest absolute Gasteiger partial charge is 0.372 e. The molecule has 0 aromatic carbocycles. The van der Waals surface area contributed by atoms with Crippen LogP contribution in [-0.4, -0.2) is 31.4 Å². The van der Waals surface area contributed by atoms with Gasteiger partial charge in [-0.3, -0.25) is 9.59 Å². The van der Waals surface area contributed by atoms with Gasteiger partial charge in [0.1, 0.15) is 6.10 Å². The lowest BCUT2D eigenvalue weighted by Crippen LogP contribution is -2.40. The van der Waals surface area contributed by atoms with Crippen LogP contribution in [0.25, 0.3) is 0 Å². The van der Waals surface area contributed by atoms with Crippen LogP contribution in [0.1, 0.15) is 27.7 Å². The summed E-state index contributed by atoms with van der Waals surface area (Å²) in [5.41, 5.74) is -0.413. The van der Waals surface area contributed by atoms with Crippen molar-refractivity contribution < 1.29 is 14.3 Å². The summed E-state index contributed by atoms with van der Waals surface area (Å²) < 4.78 is 4.81. The molecule has 4 heteroatoms. The lowest BCUT2D eigenvalue weighted by Gasteiger charge is -2.17. The van der Waals surface area contributed by atoms with Gasteiger partial charge in [-0.1, -0.05) is 20.8 Å². The molecule has 4 nitrogen and oxygen atoms in total. The van der Waals surface area contributed by atoms with Crippen LogP contribution in [0.4, 0.5) is 0 Å². The number of ketones is 1. The van der Waals surface area contributed by atoms with Crippen molar-refractivity contribution in [1.29, 1.82) is 0 Å². The van der Waals surface area contributed by atoms with E-state index in [0.29, 0.717) is 0 Å². The van der Waals surface area contributed by atoms with E-state index in [0.717, 1.165) is 0 Å². The molecule has 82 valence electrons. The maximum atomic E-state index is 11.4. The van der Waals surface area contributed by atoms with Crippen molar-refractivity contribution >= 4 is 11.7 Å². The van der Waals surface area contributed by atoms with Crippen molar-refractivity contribution in [3.8, 4) is 0 Å². The van der Waals surface area contributed by atoms with E-state index in [1.165, 1.54) is 7.11 Å². The molecule has 0 aliphatic rings. The van der Waals surface area contributed by atoms with Gasteiger partial charge >= 0.3 is 0 Å². The zero-order chi connectivity index (χ0) is 11.4. The fraction of sp³-hybridized carbons (Fsp3) is 0.800. The summed E-state index contributed by atoms with van der Waals surface area (Å²) in [6.07, 6.45) is -0.511. The molecule has 1 unspecified atom stereocenters. The number of carbonyl (C=O) groups is 2. The first-order valence-corrected chi connectivity index (χ1v) is 4.63. The maximum Gasteiger partial charge on any atom is 0.249 e. The Kier molecular flexibility index (Phi) is 4.77. The number of carbonyl (C=O) groups excluding carboxylic acids is 2. The minimum absolute atomic E-state index is 0.00848. The normalized spacial score (nSPS) is 13.5. The van der Waals surface area contributed by atoms with E-state index in [4.69, 9.17) is 4.74 Å². The van der Waals surface area contributed by atoms with Crippen molar-refractivity contribution in [1.82, 2.24) is 5.32 Å². The van der Waals surface area contributed by atoms with Crippen molar-refractivity contribution in [3.05, 3.63) is 0 Å². The molecule has 0 heterocycles. The number of amides is 1. The van der Waals surface area contributed by atoms with Gasteiger partial charge in [0, 0.05) is 12.5 Å². The predicted molar refractivity (Wildman–Crippen MR) is 53.9 cm³/mol. The van der Waals surface area contributed by atoms with E-state index < -0.39 is 11.5 Å². The average Bonchev–Trinajstić information content (AvgIpc) is 2.10. The molecule has 0 fully saturated rings. The van der Waals surface area contributed by atoms with Gasteiger partial charge in [0.2, 0.25) is 5.91 Å². The number of methoxy groups -OCH3 is 1. The Bertz CT molecular complexity index is 218. The average molecular weight is 201 g/mol. The number of rotatable bonds is 4. The number of nitrogens with one attached hydrogen (secondary N) is 1. The van der Waals surface area contributed by atoms with Crippen LogP contribution in [0, 0.1) is 5.41 Å². The summed E-state index contributed by atoms with van der Waals surface area (Å²) in [5.74, 6) is -0.251. The lowest BCUT2D eigenvalue weighted by molar-refractivity contribution is -0.133. The van der Waals surface area contributed by atoms with E-state index in [-0.39, 0.29) is 18.2 Å². The SMILES string of the molecule is COC(C)C(=O)NCC(=O)C(C)(C)C. The third kappa shape index (κ3) is 4.37. The Labute approximate surface area is 85.0 Å². The summed E-state index contributed by atoms with van der Waals surface area (Å²) >= 11 is 0. The zero-order valence-corrected chi connectivity index (χ0v) is 9.51. The summed E-state index contributed by atoms with van der Waals surface area (Å²) in [4.78, 5) is 22.6. The molecule has 1 amide bonds. The molecule has 0 saturated carbocycles. The first-order chi connectivity index (χ1) is 6.29. The predicted octanol–water partition coefficient (Wildman–Crippen LogP) is 0.753. The van der Waals surface area contributed by atoms with Crippen molar-refractivity contribution in [3.63, 3.8) is 0 Å². The molecule has 0 saturated heterocycles. The summed E-state index contributed by atoms with van der Waals surface area (Å²) in [6.45, 7) is 7.16. The smallest absolute Gasteiger partial charge is 0.249 e. The standard InChI is InChI=1S/C10H19NO3/c1-7(14-5)9(13)11-6-8(12)10(2,3)4/h7H,6H2,1-5H3,(H,11,13). The van der Waals surface area contributed by atoms with Gasteiger partial charge in [0.05, 0.1) is 6.54 Å². The van der Waals surface area contributed by atoms with Crippen LogP contribution in [0.3, 0.4) is 0 Å². The summed E-state index contributed by atoms with van der Waals surface area (Å²) in [7, 11) is 1.45. The van der Waals surface area contributed by atoms with E-state index in [1.807, 2.05) is 20.8 Å². The van der Waals surface area contributed by atoms with E-state index in [2.05, 4.69) is 5.32 Å². The molecule has 0 aliphatic carbocycles. The van der Waals surface area contributed by atoms with Crippen LogP contribution in [0.2, 0.25) is 0 Å². The second-order valence-corrected chi connectivity index (χ2v) is 4.27. The Morgan fingerprint density at radius 2 is 1.86 bits per heavy atom. The number of hydrogen-bond acceptors (Lipinski definition) is 3. The third-order valence-electron chi connectivity index (χ3n) is 1.98. The first-order valence-electron chi connectivity index (χ1n) is 4.63. The second-order valence-electron chi connectivity index (χ2n) is 4.27. The van der Waals surface area contributed by atoms with E-state index in [1.54, 1.807) is 6.92 Å². The molecule has 0 aromatic heterocycles. The molecular formula is C10H19NO3. The van der Waals surface area contributed by atoms with Crippen molar-refractivity contribution in [2.75, 3.05) is 13.7 Å². The molecule has 0 spiro atoms. The quantitative estimate of drug-likeness (QED) is 0.730. The fourth-order valence-corrected chi connectivity index (χ4v) is 0.683. The summed E-state index contributed by atoms with van der Waals surface area (Å²) in [5, 5.41) is 2.53. The van der Waals surface area contributed by atoms with Crippen LogP contribution in [-0.2, 0) is 14.3 Å². The molecule has 0 bridgehead atoms. The zero-order valence-electron chi connectivity index (χ0n) is 9.51. The van der Waals surface area contributed by atoms with Crippen molar-refractivity contribution in [2.24, 2.45) is 5.41 Å². The molecular weight excluding hydrogens is 182 g/mol. The van der Waals surface area contributed by atoms with Crippen molar-refractivity contribution in [2.45, 2.75) is 33.8 Å². The molecule has 1 N–H and O–H groups in total. The Morgan fingerprint density at radius 3 is 2.21 bits per heavy atom. The monoisotopic (exact) mass is 201 g/mol. The fourth-order valence-electron chi connectivity index (χ4n) is 0.683. The highest BCUT2D eigenvalue weighted by Crippen LogP contribution is 2.13. The highest BCUT2D eigenvalue weighted by molar-refractivity contribution is 5.90. The molecule has 0 radical (unpaired) electrons. The number of Topliss-reactive ketones (excluding diaryl/α,β-unsaturated/α-hetero) is 1. The Morgan fingerprint density at radius 1 is 1.36 bits per heavy atom. The van der Waals surface area contributed by atoms with Gasteiger partial charge in [-0.15, -0.1) is 0 Å². The lowest BCUT2D eigenvalue weighted by atomic mass is 9.91. The minimum atomic E-state index is -0.511. The van der Waals surface area contributed by atoms with E-state index >= 15 is 0 Å². The van der Waals surface area contributed by atoms with Gasteiger partial charge in [-0.25, -0.2) is 0 Å². The van der Waals surface area contributed by atoms with Gasteiger partial charge < -0.3 is 10.1 Å². The van der Waals surface area contributed by atoms with Gasteiger partial charge in [-0.05, 0) is 6.92 Å². The molecule has 0 aromatic rings. The molecule has 1 atom stereocenters. The molecule has 0 aliphatic heterocycles. The second kappa shape index (κ2) is 5.10. The van der Waals surface area contributed by atoms with Crippen LogP contribution >= 0.6 is 0 Å². The topological polar surface area (TPSA) is 55.4 Å². The molecule has 14 heavy (non-hydrogen) atoms. The van der Waals surface area contributed by atoms with E-state index in [9.17, 15) is 9.59 Å². The van der Waals surface area contributed by atoms with Crippen LogP contribution < -0.4 is 5.32 Å². The van der Waals surface area contributed by atoms with Gasteiger partial charge in [0.25, 0.3) is 0 Å². The number of ether oxygens (including phenoxy) is 1. The van der Waals surface area contributed by atoms with Gasteiger partial charge in [-0.2, -0.15) is 0 Å². The summed E-state index contributed by atoms with van der Waals surface area (Å²) in [6, 6.07) is 0. The maximum absolute atomic E-state index is 11.4. The number of hydrogen-bond donors (Lipinski definition) is 1. The highest BCUT2D eigenvalue weighted by atomic mass is 16.5. The van der Waals surface area contributed by atoms with Crippen LogP contribution in [0.15, 0.2) is 0 Å². The first kappa shape index (κ1) is 13.1. The minimum Gasteiger partial charge on any atom is -0.372 e. The molecule has 0 rings (SSSR count). The Balaban J connectivity index is 3.96. The highest BCUT2D eigenvalue weighted by Gasteiger charge is 2.22. The van der Waals surface area contributed by atoms with Crippen LogP contribution in [0.5, 0.6) is 0 Å². The Hall–Kier alpha value is -0.900. The van der Waals surface area contributed by atoms with Gasteiger partial charge in [0.15, 0.2) is 5.78 Å². The third-order valence-corrected chi connectivity index (χ3v) is 1.98.